The van der Waals surface area contributed by atoms with Crippen LogP contribution in [0.3, 0.4) is 0 Å². The zero-order valence-electron chi connectivity index (χ0n) is 15.5. The first-order chi connectivity index (χ1) is 13.1. The summed E-state index contributed by atoms with van der Waals surface area (Å²) in [5, 5.41) is 13.4. The van der Waals surface area contributed by atoms with Gasteiger partial charge in [0.05, 0.1) is 25.3 Å². The largest absolute Gasteiger partial charge is 0.495 e. The minimum atomic E-state index is -0.316. The maximum Gasteiger partial charge on any atom is 0.238 e. The van der Waals surface area contributed by atoms with Crippen LogP contribution in [0.25, 0.3) is 0 Å². The number of aliphatic hydroxyl groups excluding tert-OH is 1. The van der Waals surface area contributed by atoms with Gasteiger partial charge >= 0.3 is 0 Å². The third-order valence-electron chi connectivity index (χ3n) is 5.15. The highest BCUT2D eigenvalue weighted by atomic mass is 35.5. The summed E-state index contributed by atoms with van der Waals surface area (Å²) in [5.41, 5.74) is 1.45. The van der Waals surface area contributed by atoms with Gasteiger partial charge in [0.25, 0.3) is 0 Å². The summed E-state index contributed by atoms with van der Waals surface area (Å²) in [5.74, 6) is 0.472. The molecule has 0 aromatic heterocycles. The van der Waals surface area contributed by atoms with Crippen molar-refractivity contribution >= 4 is 23.2 Å². The number of nitrogens with zero attached hydrogens (tertiary/aromatic N) is 1. The quantitative estimate of drug-likeness (QED) is 0.797. The topological polar surface area (TPSA) is 61.8 Å². The van der Waals surface area contributed by atoms with E-state index in [1.807, 2.05) is 18.2 Å². The average Bonchev–Trinajstić information content (AvgIpc) is 2.69. The fourth-order valence-corrected chi connectivity index (χ4v) is 4.02. The van der Waals surface area contributed by atoms with E-state index in [4.69, 9.17) is 16.3 Å². The Balaban J connectivity index is 1.65. The Morgan fingerprint density at radius 3 is 2.74 bits per heavy atom. The molecule has 1 unspecified atom stereocenters. The van der Waals surface area contributed by atoms with E-state index in [1.165, 1.54) is 0 Å². The van der Waals surface area contributed by atoms with E-state index >= 15 is 0 Å². The Kier molecular flexibility index (Phi) is 6.37. The summed E-state index contributed by atoms with van der Waals surface area (Å²) in [4.78, 5) is 14.6. The normalized spacial score (nSPS) is 20.3. The molecule has 1 fully saturated rings. The van der Waals surface area contributed by atoms with Crippen LogP contribution in [0.15, 0.2) is 48.5 Å². The number of piperidine rings is 1. The number of halogens is 1. The standard InChI is InChI=1S/C21H25ClN2O3/c1-27-19-9-8-17(12-18(19)22)23-20(26)13-24-11-5-10-21(14-24,15-25)16-6-3-2-4-7-16/h2-4,6-9,12,25H,5,10-11,13-15H2,1H3,(H,23,26). The van der Waals surface area contributed by atoms with E-state index in [2.05, 4.69) is 22.3 Å². The van der Waals surface area contributed by atoms with Crippen molar-refractivity contribution < 1.29 is 14.6 Å². The lowest BCUT2D eigenvalue weighted by molar-refractivity contribution is -0.118. The zero-order valence-corrected chi connectivity index (χ0v) is 16.2. The van der Waals surface area contributed by atoms with Gasteiger partial charge in [-0.25, -0.2) is 0 Å². The minimum absolute atomic E-state index is 0.0726. The van der Waals surface area contributed by atoms with Gasteiger partial charge < -0.3 is 15.2 Å². The fraction of sp³-hybridized carbons (Fsp3) is 0.381. The Morgan fingerprint density at radius 1 is 1.30 bits per heavy atom. The van der Waals surface area contributed by atoms with E-state index < -0.39 is 0 Å². The summed E-state index contributed by atoms with van der Waals surface area (Å²) in [6.45, 7) is 1.84. The van der Waals surface area contributed by atoms with Crippen molar-refractivity contribution in [1.29, 1.82) is 0 Å². The number of likely N-dealkylation sites (tertiary alicyclic amines) is 1. The van der Waals surface area contributed by atoms with Crippen LogP contribution in [-0.4, -0.2) is 49.3 Å². The molecule has 1 heterocycles. The van der Waals surface area contributed by atoms with Crippen LogP contribution < -0.4 is 10.1 Å². The number of nitrogens with one attached hydrogen (secondary N) is 1. The molecule has 1 aliphatic heterocycles. The molecule has 27 heavy (non-hydrogen) atoms. The highest BCUT2D eigenvalue weighted by Gasteiger charge is 2.36. The van der Waals surface area contributed by atoms with Gasteiger partial charge in [-0.3, -0.25) is 9.69 Å². The molecule has 0 saturated carbocycles. The molecule has 6 heteroatoms. The lowest BCUT2D eigenvalue weighted by Crippen LogP contribution is -2.50. The maximum atomic E-state index is 12.5. The molecule has 1 amide bonds. The van der Waals surface area contributed by atoms with E-state index in [1.54, 1.807) is 25.3 Å². The van der Waals surface area contributed by atoms with Crippen LogP contribution in [0.4, 0.5) is 5.69 Å². The Labute approximate surface area is 164 Å². The first-order valence-electron chi connectivity index (χ1n) is 9.08. The number of anilines is 1. The molecule has 0 spiro atoms. The van der Waals surface area contributed by atoms with Crippen molar-refractivity contribution in [3.05, 3.63) is 59.1 Å². The number of carbonyl (C=O) groups excluding carboxylic acids is 1. The number of ether oxygens (including phenoxy) is 1. The lowest BCUT2D eigenvalue weighted by Gasteiger charge is -2.42. The average molecular weight is 389 g/mol. The molecule has 3 rings (SSSR count). The SMILES string of the molecule is COc1ccc(NC(=O)CN2CCCC(CO)(c3ccccc3)C2)cc1Cl. The molecule has 0 radical (unpaired) electrons. The number of hydrogen-bond donors (Lipinski definition) is 2. The van der Waals surface area contributed by atoms with Gasteiger partial charge in [0, 0.05) is 17.6 Å². The number of benzene rings is 2. The second-order valence-corrected chi connectivity index (χ2v) is 7.42. The van der Waals surface area contributed by atoms with Crippen LogP contribution in [0, 0.1) is 0 Å². The molecule has 144 valence electrons. The molecule has 1 atom stereocenters. The van der Waals surface area contributed by atoms with Crippen molar-refractivity contribution in [3.63, 3.8) is 0 Å². The van der Waals surface area contributed by atoms with Crippen molar-refractivity contribution in [2.45, 2.75) is 18.3 Å². The highest BCUT2D eigenvalue weighted by Crippen LogP contribution is 2.33. The summed E-state index contributed by atoms with van der Waals surface area (Å²) in [6, 6.07) is 15.2. The van der Waals surface area contributed by atoms with Gasteiger partial charge in [0.1, 0.15) is 5.75 Å². The van der Waals surface area contributed by atoms with Gasteiger partial charge in [-0.05, 0) is 43.1 Å². The molecular formula is C21H25ClN2O3. The highest BCUT2D eigenvalue weighted by molar-refractivity contribution is 6.32. The maximum absolute atomic E-state index is 12.5. The molecule has 1 aliphatic rings. The monoisotopic (exact) mass is 388 g/mol. The molecule has 2 N–H and O–H groups in total. The third-order valence-corrected chi connectivity index (χ3v) is 5.44. The van der Waals surface area contributed by atoms with E-state index in [9.17, 15) is 9.90 Å². The summed E-state index contributed by atoms with van der Waals surface area (Å²) in [6.07, 6.45) is 1.86. The van der Waals surface area contributed by atoms with Gasteiger partial charge in [-0.2, -0.15) is 0 Å². The van der Waals surface area contributed by atoms with Gasteiger partial charge in [0.15, 0.2) is 0 Å². The predicted molar refractivity (Wildman–Crippen MR) is 108 cm³/mol. The van der Waals surface area contributed by atoms with Crippen LogP contribution in [0.5, 0.6) is 5.75 Å². The molecule has 2 aromatic carbocycles. The van der Waals surface area contributed by atoms with Crippen LogP contribution in [-0.2, 0) is 10.2 Å². The Morgan fingerprint density at radius 2 is 2.07 bits per heavy atom. The molecule has 1 saturated heterocycles. The molecule has 5 nitrogen and oxygen atoms in total. The summed E-state index contributed by atoms with van der Waals surface area (Å²) < 4.78 is 5.13. The van der Waals surface area contributed by atoms with E-state index in [0.29, 0.717) is 23.0 Å². The van der Waals surface area contributed by atoms with E-state index in [-0.39, 0.29) is 24.5 Å². The predicted octanol–water partition coefficient (Wildman–Crippen LogP) is 3.31. The van der Waals surface area contributed by atoms with Gasteiger partial charge in [-0.1, -0.05) is 41.9 Å². The van der Waals surface area contributed by atoms with Crippen LogP contribution >= 0.6 is 11.6 Å². The second kappa shape index (κ2) is 8.74. The number of amides is 1. The van der Waals surface area contributed by atoms with Crippen LogP contribution in [0.2, 0.25) is 5.02 Å². The minimum Gasteiger partial charge on any atom is -0.495 e. The number of aliphatic hydroxyl groups is 1. The molecule has 0 aliphatic carbocycles. The van der Waals surface area contributed by atoms with E-state index in [0.717, 1.165) is 24.9 Å². The van der Waals surface area contributed by atoms with Crippen LogP contribution in [0.1, 0.15) is 18.4 Å². The first-order valence-corrected chi connectivity index (χ1v) is 9.46. The van der Waals surface area contributed by atoms with Gasteiger partial charge in [0.2, 0.25) is 5.91 Å². The number of hydrogen-bond acceptors (Lipinski definition) is 4. The second-order valence-electron chi connectivity index (χ2n) is 7.02. The van der Waals surface area contributed by atoms with Gasteiger partial charge in [-0.15, -0.1) is 0 Å². The first kappa shape index (κ1) is 19.7. The van der Waals surface area contributed by atoms with Crippen molar-refractivity contribution in [3.8, 4) is 5.75 Å². The summed E-state index contributed by atoms with van der Waals surface area (Å²) >= 11 is 6.11. The smallest absolute Gasteiger partial charge is 0.238 e. The molecular weight excluding hydrogens is 364 g/mol. The third kappa shape index (κ3) is 4.61. The Hall–Kier alpha value is -2.08. The molecule has 2 aromatic rings. The number of carbonyl (C=O) groups is 1. The Bertz CT molecular complexity index is 784. The number of methoxy groups -OCH3 is 1. The zero-order chi connectivity index (χ0) is 19.3. The van der Waals surface area contributed by atoms with Crippen molar-refractivity contribution in [2.24, 2.45) is 0 Å². The fourth-order valence-electron chi connectivity index (χ4n) is 3.76. The number of rotatable bonds is 6. The summed E-state index contributed by atoms with van der Waals surface area (Å²) in [7, 11) is 1.55. The van der Waals surface area contributed by atoms with Crippen molar-refractivity contribution in [1.82, 2.24) is 4.90 Å². The lowest BCUT2D eigenvalue weighted by atomic mass is 9.75. The molecule has 0 bridgehead atoms. The van der Waals surface area contributed by atoms with Crippen molar-refractivity contribution in [2.75, 3.05) is 38.7 Å².